The summed E-state index contributed by atoms with van der Waals surface area (Å²) in [7, 11) is 0. The Kier molecular flexibility index (Phi) is 4.43. The normalized spacial score (nSPS) is 12.4. The minimum absolute atomic E-state index is 0.0944. The van der Waals surface area contributed by atoms with E-state index >= 15 is 0 Å². The third-order valence-corrected chi connectivity index (χ3v) is 5.19. The van der Waals surface area contributed by atoms with Gasteiger partial charge < -0.3 is 5.73 Å². The van der Waals surface area contributed by atoms with E-state index in [1.807, 2.05) is 13.1 Å². The minimum Gasteiger partial charge on any atom is -0.366 e. The van der Waals surface area contributed by atoms with Crippen molar-refractivity contribution in [3.8, 4) is 22.3 Å². The molecule has 0 saturated carbocycles. The van der Waals surface area contributed by atoms with Gasteiger partial charge in [-0.25, -0.2) is 13.9 Å². The van der Waals surface area contributed by atoms with Crippen LogP contribution >= 0.6 is 0 Å². The topological polar surface area (TPSA) is 86.9 Å². The largest absolute Gasteiger partial charge is 0.366 e. The van der Waals surface area contributed by atoms with Crippen LogP contribution in [0.2, 0.25) is 0 Å². The number of aromatic nitrogens is 6. The number of benzene rings is 1. The summed E-state index contributed by atoms with van der Waals surface area (Å²) in [6, 6.07) is 11.4. The van der Waals surface area contributed by atoms with Crippen LogP contribution < -0.4 is 5.73 Å². The van der Waals surface area contributed by atoms with Gasteiger partial charge in [-0.05, 0) is 48.4 Å². The fraction of sp³-hybridized carbons (Fsp3) is 0.0909. The SMILES string of the molecule is C[C@H](c1ccc(F)cc1)n1cc(-c2cnc(F)c(-c3ccn4nc(N)nc4c3)c2)cn1. The lowest BCUT2D eigenvalue weighted by atomic mass is 10.0. The molecular formula is C22H17F2N7. The van der Waals surface area contributed by atoms with Crippen LogP contribution in [0.25, 0.3) is 27.9 Å². The predicted molar refractivity (Wildman–Crippen MR) is 112 cm³/mol. The van der Waals surface area contributed by atoms with E-state index in [-0.39, 0.29) is 17.8 Å². The van der Waals surface area contributed by atoms with Crippen LogP contribution in [0.4, 0.5) is 14.7 Å². The number of hydrogen-bond acceptors (Lipinski definition) is 5. The Balaban J connectivity index is 1.49. The summed E-state index contributed by atoms with van der Waals surface area (Å²) >= 11 is 0. The van der Waals surface area contributed by atoms with E-state index < -0.39 is 5.95 Å². The Morgan fingerprint density at radius 1 is 0.968 bits per heavy atom. The molecule has 2 N–H and O–H groups in total. The number of nitrogens with two attached hydrogens (primary N) is 1. The summed E-state index contributed by atoms with van der Waals surface area (Å²) in [5.74, 6) is -0.728. The van der Waals surface area contributed by atoms with Gasteiger partial charge in [0.15, 0.2) is 5.65 Å². The molecule has 0 bridgehead atoms. The Morgan fingerprint density at radius 2 is 1.77 bits per heavy atom. The highest BCUT2D eigenvalue weighted by Crippen LogP contribution is 2.29. The molecule has 0 fully saturated rings. The van der Waals surface area contributed by atoms with Crippen molar-refractivity contribution in [1.29, 1.82) is 0 Å². The highest BCUT2D eigenvalue weighted by molar-refractivity contribution is 5.73. The number of hydrogen-bond donors (Lipinski definition) is 1. The van der Waals surface area contributed by atoms with Crippen molar-refractivity contribution in [2.75, 3.05) is 5.73 Å². The molecule has 1 aromatic carbocycles. The average Bonchev–Trinajstić information content (AvgIpc) is 3.40. The maximum atomic E-state index is 14.5. The number of halogens is 2. The molecule has 4 aromatic heterocycles. The van der Waals surface area contributed by atoms with E-state index in [1.54, 1.807) is 47.4 Å². The molecule has 0 unspecified atom stereocenters. The third-order valence-electron chi connectivity index (χ3n) is 5.19. The van der Waals surface area contributed by atoms with Crippen LogP contribution in [0, 0.1) is 11.8 Å². The van der Waals surface area contributed by atoms with Crippen molar-refractivity contribution in [3.63, 3.8) is 0 Å². The molecule has 0 amide bonds. The van der Waals surface area contributed by atoms with E-state index in [0.717, 1.165) is 16.7 Å². The number of nitrogen functional groups attached to an aromatic ring is 1. The molecule has 154 valence electrons. The van der Waals surface area contributed by atoms with E-state index in [9.17, 15) is 8.78 Å². The second-order valence-electron chi connectivity index (χ2n) is 7.19. The van der Waals surface area contributed by atoms with Gasteiger partial charge in [-0.2, -0.15) is 14.5 Å². The quantitative estimate of drug-likeness (QED) is 0.445. The van der Waals surface area contributed by atoms with Gasteiger partial charge in [0.1, 0.15) is 5.82 Å². The minimum atomic E-state index is -0.590. The Labute approximate surface area is 175 Å². The summed E-state index contributed by atoms with van der Waals surface area (Å²) in [5.41, 5.74) is 9.52. The maximum absolute atomic E-state index is 14.5. The van der Waals surface area contributed by atoms with Crippen molar-refractivity contribution >= 4 is 11.6 Å². The lowest BCUT2D eigenvalue weighted by Gasteiger charge is -2.12. The average molecular weight is 417 g/mol. The predicted octanol–water partition coefficient (Wildman–Crippen LogP) is 4.12. The Hall–Kier alpha value is -4.14. The monoisotopic (exact) mass is 417 g/mol. The summed E-state index contributed by atoms with van der Waals surface area (Å²) in [5, 5.41) is 8.45. The molecule has 7 nitrogen and oxygen atoms in total. The van der Waals surface area contributed by atoms with E-state index in [4.69, 9.17) is 5.73 Å². The molecule has 0 spiro atoms. The first-order valence-electron chi connectivity index (χ1n) is 9.56. The first-order valence-corrected chi connectivity index (χ1v) is 9.56. The van der Waals surface area contributed by atoms with Gasteiger partial charge in [0, 0.05) is 35.3 Å². The fourth-order valence-electron chi connectivity index (χ4n) is 3.47. The van der Waals surface area contributed by atoms with Crippen LogP contribution in [-0.2, 0) is 0 Å². The van der Waals surface area contributed by atoms with Crippen molar-refractivity contribution in [2.45, 2.75) is 13.0 Å². The lowest BCUT2D eigenvalue weighted by molar-refractivity contribution is 0.561. The maximum Gasteiger partial charge on any atom is 0.240 e. The van der Waals surface area contributed by atoms with Gasteiger partial charge in [-0.3, -0.25) is 4.68 Å². The van der Waals surface area contributed by atoms with Crippen LogP contribution in [-0.4, -0.2) is 29.4 Å². The summed E-state index contributed by atoms with van der Waals surface area (Å²) in [6.07, 6.45) is 6.69. The number of pyridine rings is 2. The number of fused-ring (bicyclic) bond motifs is 1. The molecular weight excluding hydrogens is 400 g/mol. The molecule has 5 rings (SSSR count). The fourth-order valence-corrected chi connectivity index (χ4v) is 3.47. The zero-order valence-corrected chi connectivity index (χ0v) is 16.4. The zero-order valence-electron chi connectivity index (χ0n) is 16.4. The first kappa shape index (κ1) is 18.9. The molecule has 1 atom stereocenters. The van der Waals surface area contributed by atoms with Crippen molar-refractivity contribution < 1.29 is 8.78 Å². The smallest absolute Gasteiger partial charge is 0.240 e. The van der Waals surface area contributed by atoms with E-state index in [0.29, 0.717) is 16.8 Å². The molecule has 0 aliphatic carbocycles. The highest BCUT2D eigenvalue weighted by atomic mass is 19.1. The summed E-state index contributed by atoms with van der Waals surface area (Å²) < 4.78 is 31.0. The number of nitrogens with zero attached hydrogens (tertiary/aromatic N) is 6. The second-order valence-corrected chi connectivity index (χ2v) is 7.19. The van der Waals surface area contributed by atoms with Crippen LogP contribution in [0.1, 0.15) is 18.5 Å². The van der Waals surface area contributed by atoms with E-state index in [1.165, 1.54) is 22.8 Å². The van der Waals surface area contributed by atoms with Gasteiger partial charge in [0.2, 0.25) is 11.9 Å². The lowest BCUT2D eigenvalue weighted by Crippen LogP contribution is -2.06. The van der Waals surface area contributed by atoms with Crippen molar-refractivity contribution in [1.82, 2.24) is 29.4 Å². The third kappa shape index (κ3) is 3.50. The van der Waals surface area contributed by atoms with Crippen LogP contribution in [0.3, 0.4) is 0 Å². The van der Waals surface area contributed by atoms with Crippen LogP contribution in [0.15, 0.2) is 67.3 Å². The summed E-state index contributed by atoms with van der Waals surface area (Å²) in [6.45, 7) is 1.97. The van der Waals surface area contributed by atoms with Gasteiger partial charge in [-0.15, -0.1) is 5.10 Å². The van der Waals surface area contributed by atoms with Gasteiger partial charge >= 0.3 is 0 Å². The van der Waals surface area contributed by atoms with Gasteiger partial charge in [0.05, 0.1) is 12.2 Å². The van der Waals surface area contributed by atoms with Gasteiger partial charge in [0.25, 0.3) is 0 Å². The molecule has 0 radical (unpaired) electrons. The molecule has 31 heavy (non-hydrogen) atoms. The molecule has 4 heterocycles. The zero-order chi connectivity index (χ0) is 21.5. The summed E-state index contributed by atoms with van der Waals surface area (Å²) in [4.78, 5) is 8.04. The molecule has 0 aliphatic rings. The molecule has 0 aliphatic heterocycles. The number of anilines is 1. The highest BCUT2D eigenvalue weighted by Gasteiger charge is 2.14. The number of rotatable bonds is 4. The standard InChI is InChI=1S/C22H17F2N7/c1-13(14-2-4-18(23)5-3-14)31-12-17(11-27-31)16-8-19(21(24)26-10-16)15-6-7-30-20(9-15)28-22(25)29-30/h2-13H,1H3,(H2,25,29)/t13-/m1/s1. The Bertz CT molecular complexity index is 1390. The second kappa shape index (κ2) is 7.28. The molecule has 5 aromatic rings. The first-order chi connectivity index (χ1) is 15.0. The van der Waals surface area contributed by atoms with E-state index in [2.05, 4.69) is 20.2 Å². The Morgan fingerprint density at radius 3 is 2.58 bits per heavy atom. The van der Waals surface area contributed by atoms with Crippen molar-refractivity contribution in [3.05, 3.63) is 84.6 Å². The van der Waals surface area contributed by atoms with Crippen molar-refractivity contribution in [2.24, 2.45) is 0 Å². The van der Waals surface area contributed by atoms with Crippen LogP contribution in [0.5, 0.6) is 0 Å². The van der Waals surface area contributed by atoms with Gasteiger partial charge in [-0.1, -0.05) is 12.1 Å². The molecule has 9 heteroatoms. The molecule has 0 saturated heterocycles.